The largest absolute Gasteiger partial charge is 0.384 e. The maximum atomic E-state index is 11.4. The van der Waals surface area contributed by atoms with Gasteiger partial charge in [-0.1, -0.05) is 24.0 Å². The zero-order valence-electron chi connectivity index (χ0n) is 10.1. The average Bonchev–Trinajstić information content (AvgIpc) is 3.18. The summed E-state index contributed by atoms with van der Waals surface area (Å²) in [5.74, 6) is 5.43. The van der Waals surface area contributed by atoms with Crippen molar-refractivity contribution in [1.82, 2.24) is 10.6 Å². The van der Waals surface area contributed by atoms with Crippen LogP contribution in [0.25, 0.3) is 0 Å². The van der Waals surface area contributed by atoms with Crippen LogP contribution in [-0.4, -0.2) is 23.8 Å². The van der Waals surface area contributed by atoms with Crippen LogP contribution in [0, 0.1) is 11.8 Å². The number of aliphatic hydroxyl groups excluding tert-OH is 1. The monoisotopic (exact) mass is 244 g/mol. The third kappa shape index (κ3) is 4.11. The number of amides is 2. The maximum absolute atomic E-state index is 11.4. The Morgan fingerprint density at radius 1 is 1.44 bits per heavy atom. The van der Waals surface area contributed by atoms with Crippen LogP contribution in [0.4, 0.5) is 4.79 Å². The molecule has 18 heavy (non-hydrogen) atoms. The summed E-state index contributed by atoms with van der Waals surface area (Å²) in [4.78, 5) is 11.4. The first-order valence-corrected chi connectivity index (χ1v) is 6.01. The van der Waals surface area contributed by atoms with Crippen molar-refractivity contribution < 1.29 is 9.90 Å². The van der Waals surface area contributed by atoms with Crippen molar-refractivity contribution in [2.75, 3.05) is 6.61 Å². The Bertz CT molecular complexity index is 484. The molecule has 1 aromatic carbocycles. The predicted molar refractivity (Wildman–Crippen MR) is 68.8 cm³/mol. The van der Waals surface area contributed by atoms with E-state index < -0.39 is 0 Å². The zero-order valence-corrected chi connectivity index (χ0v) is 10.1. The lowest BCUT2D eigenvalue weighted by atomic mass is 10.1. The summed E-state index contributed by atoms with van der Waals surface area (Å²) in [6.07, 6.45) is 2.17. The quantitative estimate of drug-likeness (QED) is 0.694. The van der Waals surface area contributed by atoms with E-state index in [0.717, 1.165) is 24.0 Å². The molecule has 0 saturated heterocycles. The van der Waals surface area contributed by atoms with Gasteiger partial charge >= 0.3 is 6.03 Å². The van der Waals surface area contributed by atoms with E-state index in [1.807, 2.05) is 24.3 Å². The Balaban J connectivity index is 1.86. The highest BCUT2D eigenvalue weighted by atomic mass is 16.2. The molecular weight excluding hydrogens is 228 g/mol. The van der Waals surface area contributed by atoms with Crippen LogP contribution in [0.2, 0.25) is 0 Å². The van der Waals surface area contributed by atoms with E-state index in [1.165, 1.54) is 0 Å². The van der Waals surface area contributed by atoms with E-state index in [2.05, 4.69) is 22.5 Å². The van der Waals surface area contributed by atoms with Gasteiger partial charge in [-0.2, -0.15) is 0 Å². The third-order valence-electron chi connectivity index (χ3n) is 2.60. The highest BCUT2D eigenvalue weighted by Crippen LogP contribution is 2.18. The summed E-state index contributed by atoms with van der Waals surface area (Å²) < 4.78 is 0. The molecule has 1 aliphatic rings. The van der Waals surface area contributed by atoms with Crippen LogP contribution in [0.15, 0.2) is 24.3 Å². The molecule has 1 saturated carbocycles. The summed E-state index contributed by atoms with van der Waals surface area (Å²) in [6.45, 7) is 0.333. The summed E-state index contributed by atoms with van der Waals surface area (Å²) in [5.41, 5.74) is 1.83. The van der Waals surface area contributed by atoms with Crippen LogP contribution in [0.5, 0.6) is 0 Å². The molecule has 0 aliphatic heterocycles. The van der Waals surface area contributed by atoms with Crippen LogP contribution in [0.3, 0.4) is 0 Å². The van der Waals surface area contributed by atoms with Crippen molar-refractivity contribution in [2.24, 2.45) is 0 Å². The van der Waals surface area contributed by atoms with Gasteiger partial charge in [-0.25, -0.2) is 4.79 Å². The van der Waals surface area contributed by atoms with Gasteiger partial charge in [0.2, 0.25) is 0 Å². The van der Waals surface area contributed by atoms with Gasteiger partial charge in [0.15, 0.2) is 0 Å². The third-order valence-corrected chi connectivity index (χ3v) is 2.60. The van der Waals surface area contributed by atoms with E-state index in [1.54, 1.807) is 0 Å². The van der Waals surface area contributed by atoms with Crippen LogP contribution >= 0.6 is 0 Å². The average molecular weight is 244 g/mol. The Morgan fingerprint density at radius 3 is 3.00 bits per heavy atom. The normalized spacial score (nSPS) is 13.4. The molecule has 1 aromatic rings. The van der Waals surface area contributed by atoms with Crippen molar-refractivity contribution in [3.8, 4) is 11.8 Å². The van der Waals surface area contributed by atoms with E-state index in [0.29, 0.717) is 12.6 Å². The van der Waals surface area contributed by atoms with Gasteiger partial charge in [-0.15, -0.1) is 0 Å². The zero-order chi connectivity index (χ0) is 12.8. The summed E-state index contributed by atoms with van der Waals surface area (Å²) in [7, 11) is 0. The first-order valence-electron chi connectivity index (χ1n) is 6.01. The van der Waals surface area contributed by atoms with Crippen molar-refractivity contribution in [1.29, 1.82) is 0 Å². The fourth-order valence-electron chi connectivity index (χ4n) is 1.55. The van der Waals surface area contributed by atoms with E-state index in [9.17, 15) is 4.79 Å². The molecule has 94 valence electrons. The molecule has 1 fully saturated rings. The lowest BCUT2D eigenvalue weighted by Crippen LogP contribution is -2.36. The topological polar surface area (TPSA) is 61.4 Å². The summed E-state index contributed by atoms with van der Waals surface area (Å²) >= 11 is 0. The van der Waals surface area contributed by atoms with Crippen LogP contribution < -0.4 is 10.6 Å². The minimum Gasteiger partial charge on any atom is -0.384 e. The van der Waals surface area contributed by atoms with Gasteiger partial charge in [0.05, 0.1) is 0 Å². The Morgan fingerprint density at radius 2 is 2.28 bits per heavy atom. The van der Waals surface area contributed by atoms with Gasteiger partial charge in [-0.05, 0) is 30.5 Å². The van der Waals surface area contributed by atoms with Gasteiger partial charge in [0.1, 0.15) is 6.61 Å². The predicted octanol–water partition coefficient (Wildman–Crippen LogP) is 0.992. The first kappa shape index (κ1) is 12.5. The standard InChI is InChI=1S/C14H16N2O2/c17-8-2-5-11-3-1-4-12(9-11)10-15-14(18)16-13-6-7-13/h1,3-4,9,13,17H,6-8,10H2,(H2,15,16,18). The fraction of sp³-hybridized carbons (Fsp3) is 0.357. The summed E-state index contributed by atoms with van der Waals surface area (Å²) in [5, 5.41) is 14.3. The van der Waals surface area contributed by atoms with Crippen molar-refractivity contribution in [3.05, 3.63) is 35.4 Å². The molecule has 0 radical (unpaired) electrons. The van der Waals surface area contributed by atoms with Crippen molar-refractivity contribution in [2.45, 2.75) is 25.4 Å². The lowest BCUT2D eigenvalue weighted by Gasteiger charge is -2.06. The molecule has 0 heterocycles. The Hall–Kier alpha value is -1.99. The number of hydrogen-bond acceptors (Lipinski definition) is 2. The molecule has 0 unspecified atom stereocenters. The molecule has 0 bridgehead atoms. The number of hydrogen-bond donors (Lipinski definition) is 3. The number of aliphatic hydroxyl groups is 1. The minimum absolute atomic E-state index is 0.121. The summed E-state index contributed by atoms with van der Waals surface area (Å²) in [6, 6.07) is 7.84. The fourth-order valence-corrected chi connectivity index (χ4v) is 1.55. The molecule has 4 nitrogen and oxygen atoms in total. The maximum Gasteiger partial charge on any atom is 0.315 e. The molecule has 1 aliphatic carbocycles. The molecule has 0 atom stereocenters. The number of carbonyl (C=O) groups is 1. The van der Waals surface area contributed by atoms with E-state index in [4.69, 9.17) is 5.11 Å². The Labute approximate surface area is 106 Å². The van der Waals surface area contributed by atoms with Crippen LogP contribution in [0.1, 0.15) is 24.0 Å². The lowest BCUT2D eigenvalue weighted by molar-refractivity contribution is 0.240. The van der Waals surface area contributed by atoms with Gasteiger partial charge in [0.25, 0.3) is 0 Å². The number of urea groups is 1. The number of nitrogens with one attached hydrogen (secondary N) is 2. The Kier molecular flexibility index (Phi) is 4.21. The molecule has 3 N–H and O–H groups in total. The molecule has 0 spiro atoms. The molecule has 2 rings (SSSR count). The number of benzene rings is 1. The molecule has 2 amide bonds. The van der Waals surface area contributed by atoms with Crippen LogP contribution in [-0.2, 0) is 6.54 Å². The SMILES string of the molecule is O=C(NCc1cccc(C#CCO)c1)NC1CC1. The smallest absolute Gasteiger partial charge is 0.315 e. The second-order valence-corrected chi connectivity index (χ2v) is 4.26. The highest BCUT2D eigenvalue weighted by molar-refractivity contribution is 5.74. The molecule has 4 heteroatoms. The first-order chi connectivity index (χ1) is 8.78. The van der Waals surface area contributed by atoms with Crippen molar-refractivity contribution in [3.63, 3.8) is 0 Å². The van der Waals surface area contributed by atoms with Gasteiger partial charge < -0.3 is 15.7 Å². The van der Waals surface area contributed by atoms with Crippen molar-refractivity contribution >= 4 is 6.03 Å². The molecular formula is C14H16N2O2. The highest BCUT2D eigenvalue weighted by Gasteiger charge is 2.22. The van der Waals surface area contributed by atoms with Gasteiger partial charge in [-0.3, -0.25) is 0 Å². The van der Waals surface area contributed by atoms with Gasteiger partial charge in [0, 0.05) is 18.2 Å². The van der Waals surface area contributed by atoms with E-state index in [-0.39, 0.29) is 12.6 Å². The van der Waals surface area contributed by atoms with E-state index >= 15 is 0 Å². The minimum atomic E-state index is -0.147. The molecule has 0 aromatic heterocycles. The second-order valence-electron chi connectivity index (χ2n) is 4.26. The second kappa shape index (κ2) is 6.08. The number of carbonyl (C=O) groups excluding carboxylic acids is 1. The number of rotatable bonds is 3.